The Balaban J connectivity index is 2.10. The first-order valence-corrected chi connectivity index (χ1v) is 6.68. The Morgan fingerprint density at radius 1 is 1.15 bits per heavy atom. The lowest BCUT2D eigenvalue weighted by atomic mass is 9.97. The van der Waals surface area contributed by atoms with Gasteiger partial charge < -0.3 is 10.6 Å². The van der Waals surface area contributed by atoms with Gasteiger partial charge >= 0.3 is 0 Å². The minimum absolute atomic E-state index is 0.0121. The fourth-order valence-electron chi connectivity index (χ4n) is 2.51. The summed E-state index contributed by atoms with van der Waals surface area (Å²) in [5, 5.41) is 9.40. The molecule has 0 fully saturated rings. The maximum Gasteiger partial charge on any atom is 0.238 e. The third-order valence-electron chi connectivity index (χ3n) is 3.52. The molecular weight excluding hydrogens is 250 g/mol. The third-order valence-corrected chi connectivity index (χ3v) is 3.52. The van der Waals surface area contributed by atoms with E-state index in [2.05, 4.69) is 34.1 Å². The lowest BCUT2D eigenvalue weighted by Gasteiger charge is -2.19. The van der Waals surface area contributed by atoms with Crippen LogP contribution in [0.4, 0.5) is 11.4 Å². The molecular formula is C16H17N3O. The summed E-state index contributed by atoms with van der Waals surface area (Å²) in [6, 6.07) is 16.2. The van der Waals surface area contributed by atoms with Gasteiger partial charge in [0.2, 0.25) is 5.91 Å². The molecule has 1 aliphatic rings. The van der Waals surface area contributed by atoms with Crippen LogP contribution in [0.2, 0.25) is 0 Å². The zero-order valence-corrected chi connectivity index (χ0v) is 11.3. The van der Waals surface area contributed by atoms with E-state index in [0.29, 0.717) is 6.54 Å². The molecule has 102 valence electrons. The normalized spacial score (nSPS) is 17.9. The minimum Gasteiger partial charge on any atom is -0.388 e. The number of anilines is 2. The van der Waals surface area contributed by atoms with Crippen LogP contribution in [0.1, 0.15) is 17.2 Å². The highest BCUT2D eigenvalue weighted by atomic mass is 16.1. The first-order chi connectivity index (χ1) is 9.78. The van der Waals surface area contributed by atoms with Gasteiger partial charge in [0, 0.05) is 18.4 Å². The second-order valence-corrected chi connectivity index (χ2v) is 4.82. The monoisotopic (exact) mass is 267 g/mol. The number of benzene rings is 2. The molecule has 1 aliphatic heterocycles. The van der Waals surface area contributed by atoms with E-state index in [1.807, 2.05) is 37.4 Å². The Morgan fingerprint density at radius 3 is 2.70 bits per heavy atom. The summed E-state index contributed by atoms with van der Waals surface area (Å²) >= 11 is 0. The van der Waals surface area contributed by atoms with Crippen molar-refractivity contribution in [2.45, 2.75) is 6.04 Å². The highest BCUT2D eigenvalue weighted by Crippen LogP contribution is 2.32. The van der Waals surface area contributed by atoms with Gasteiger partial charge in [0.15, 0.2) is 0 Å². The number of rotatable bonds is 2. The average Bonchev–Trinajstić information content (AvgIpc) is 2.65. The summed E-state index contributed by atoms with van der Waals surface area (Å²) in [6.07, 6.45) is 0. The third kappa shape index (κ3) is 2.38. The van der Waals surface area contributed by atoms with E-state index in [4.69, 9.17) is 0 Å². The molecule has 4 heteroatoms. The van der Waals surface area contributed by atoms with Crippen molar-refractivity contribution in [1.82, 2.24) is 5.32 Å². The van der Waals surface area contributed by atoms with Gasteiger partial charge in [-0.3, -0.25) is 10.1 Å². The van der Waals surface area contributed by atoms with Gasteiger partial charge in [-0.25, -0.2) is 0 Å². The van der Waals surface area contributed by atoms with Crippen LogP contribution in [-0.4, -0.2) is 19.5 Å². The highest BCUT2D eigenvalue weighted by Gasteiger charge is 2.22. The summed E-state index contributed by atoms with van der Waals surface area (Å²) in [7, 11) is 1.89. The Morgan fingerprint density at radius 2 is 1.95 bits per heavy atom. The molecule has 1 atom stereocenters. The highest BCUT2D eigenvalue weighted by molar-refractivity contribution is 5.94. The van der Waals surface area contributed by atoms with E-state index in [9.17, 15) is 4.79 Å². The van der Waals surface area contributed by atoms with Gasteiger partial charge in [0.1, 0.15) is 0 Å². The van der Waals surface area contributed by atoms with Crippen LogP contribution in [0.5, 0.6) is 0 Å². The van der Waals surface area contributed by atoms with Crippen molar-refractivity contribution in [3.8, 4) is 0 Å². The molecule has 3 N–H and O–H groups in total. The summed E-state index contributed by atoms with van der Waals surface area (Å²) in [5.41, 5.74) is 4.13. The summed E-state index contributed by atoms with van der Waals surface area (Å²) in [6.45, 7) is 0.309. The Hall–Kier alpha value is -2.33. The van der Waals surface area contributed by atoms with Gasteiger partial charge in [-0.05, 0) is 29.3 Å². The summed E-state index contributed by atoms with van der Waals surface area (Å²) < 4.78 is 0. The lowest BCUT2D eigenvalue weighted by Crippen LogP contribution is -2.27. The first-order valence-electron chi connectivity index (χ1n) is 6.68. The molecule has 0 aliphatic carbocycles. The van der Waals surface area contributed by atoms with Gasteiger partial charge in [-0.2, -0.15) is 0 Å². The van der Waals surface area contributed by atoms with Crippen molar-refractivity contribution in [2.75, 3.05) is 24.2 Å². The molecule has 2 aromatic carbocycles. The zero-order chi connectivity index (χ0) is 13.9. The van der Waals surface area contributed by atoms with Gasteiger partial charge in [0.25, 0.3) is 0 Å². The van der Waals surface area contributed by atoms with Crippen molar-refractivity contribution in [1.29, 1.82) is 0 Å². The molecule has 3 rings (SSSR count). The van der Waals surface area contributed by atoms with Crippen LogP contribution in [0, 0.1) is 0 Å². The Labute approximate surface area is 118 Å². The second kappa shape index (κ2) is 5.35. The van der Waals surface area contributed by atoms with Crippen molar-refractivity contribution in [3.05, 3.63) is 59.7 Å². The number of fused-ring (bicyclic) bond motifs is 1. The fraction of sp³-hybridized carbons (Fsp3) is 0.188. The second-order valence-electron chi connectivity index (χ2n) is 4.82. The molecule has 1 heterocycles. The first kappa shape index (κ1) is 12.7. The molecule has 20 heavy (non-hydrogen) atoms. The van der Waals surface area contributed by atoms with Crippen LogP contribution < -0.4 is 16.0 Å². The molecule has 1 amide bonds. The predicted octanol–water partition coefficient (Wildman–Crippen LogP) is 2.36. The van der Waals surface area contributed by atoms with Crippen LogP contribution in [0.3, 0.4) is 0 Å². The van der Waals surface area contributed by atoms with Gasteiger partial charge in [0.05, 0.1) is 12.6 Å². The van der Waals surface area contributed by atoms with Crippen molar-refractivity contribution < 1.29 is 4.79 Å². The Bertz CT molecular complexity index is 625. The average molecular weight is 267 g/mol. The molecule has 0 saturated carbocycles. The maximum absolute atomic E-state index is 11.8. The quantitative estimate of drug-likeness (QED) is 0.783. The zero-order valence-electron chi connectivity index (χ0n) is 11.3. The van der Waals surface area contributed by atoms with E-state index >= 15 is 0 Å². The predicted molar refractivity (Wildman–Crippen MR) is 80.9 cm³/mol. The number of carbonyl (C=O) groups is 1. The minimum atomic E-state index is -0.0121. The van der Waals surface area contributed by atoms with Crippen LogP contribution in [0.15, 0.2) is 48.5 Å². The molecule has 0 saturated heterocycles. The van der Waals surface area contributed by atoms with Crippen LogP contribution >= 0.6 is 0 Å². The van der Waals surface area contributed by atoms with Crippen LogP contribution in [0.25, 0.3) is 0 Å². The molecule has 2 aromatic rings. The number of hydrogen-bond donors (Lipinski definition) is 3. The van der Waals surface area contributed by atoms with E-state index in [1.54, 1.807) is 0 Å². The number of hydrogen-bond acceptors (Lipinski definition) is 3. The van der Waals surface area contributed by atoms with E-state index in [0.717, 1.165) is 22.5 Å². The molecule has 0 radical (unpaired) electrons. The SMILES string of the molecule is CNc1ccc2c(c1)C(c1ccccc1)NCC(=O)N2. The number of carbonyl (C=O) groups excluding carboxylic acids is 1. The number of amides is 1. The molecule has 0 bridgehead atoms. The number of nitrogens with one attached hydrogen (secondary N) is 3. The topological polar surface area (TPSA) is 53.2 Å². The standard InChI is InChI=1S/C16H17N3O/c1-17-12-7-8-14-13(9-12)16(18-10-15(20)19-14)11-5-3-2-4-6-11/h2-9,16-18H,10H2,1H3,(H,19,20). The smallest absolute Gasteiger partial charge is 0.238 e. The van der Waals surface area contributed by atoms with E-state index in [-0.39, 0.29) is 11.9 Å². The lowest BCUT2D eigenvalue weighted by molar-refractivity contribution is -0.115. The Kier molecular flexibility index (Phi) is 3.39. The molecule has 4 nitrogen and oxygen atoms in total. The van der Waals surface area contributed by atoms with Crippen molar-refractivity contribution in [2.24, 2.45) is 0 Å². The maximum atomic E-state index is 11.8. The molecule has 0 aromatic heterocycles. The van der Waals surface area contributed by atoms with E-state index in [1.165, 1.54) is 0 Å². The van der Waals surface area contributed by atoms with Gasteiger partial charge in [-0.15, -0.1) is 0 Å². The van der Waals surface area contributed by atoms with E-state index < -0.39 is 0 Å². The van der Waals surface area contributed by atoms with Gasteiger partial charge in [-0.1, -0.05) is 30.3 Å². The largest absolute Gasteiger partial charge is 0.388 e. The molecule has 0 spiro atoms. The fourth-order valence-corrected chi connectivity index (χ4v) is 2.51. The summed E-state index contributed by atoms with van der Waals surface area (Å²) in [5.74, 6) is -0.0121. The summed E-state index contributed by atoms with van der Waals surface area (Å²) in [4.78, 5) is 11.8. The molecule has 1 unspecified atom stereocenters. The van der Waals surface area contributed by atoms with Crippen LogP contribution in [-0.2, 0) is 4.79 Å². The van der Waals surface area contributed by atoms with Crippen molar-refractivity contribution >= 4 is 17.3 Å². The van der Waals surface area contributed by atoms with Crippen molar-refractivity contribution in [3.63, 3.8) is 0 Å².